The SMILES string of the molecule is [C-]#[N+]c1ccc(-c2ccc3c(c2)c2cc(-c4ccc([N+]#[C-])cc4)ccc2n3-c2cc(-c3ccc(C(F)(F)F)cc3C)c(-n3c4ccc(-c5ccc(C#N)cc5)cc4c4cc(-c5ccc(C#N)cc5)ccc43)cc2C#N)cc1. The zero-order valence-corrected chi connectivity index (χ0v) is 40.8. The predicted octanol–water partition coefficient (Wildman–Crippen LogP) is 18.3. The fourth-order valence-corrected chi connectivity index (χ4v) is 10.6. The summed E-state index contributed by atoms with van der Waals surface area (Å²) < 4.78 is 47.4. The maximum Gasteiger partial charge on any atom is 0.416 e. The zero-order chi connectivity index (χ0) is 53.1. The van der Waals surface area contributed by atoms with Gasteiger partial charge in [0.15, 0.2) is 11.4 Å². The molecule has 0 aliphatic heterocycles. The number of fused-ring (bicyclic) bond motifs is 6. The first-order valence-electron chi connectivity index (χ1n) is 24.4. The van der Waals surface area contributed by atoms with E-state index in [1.165, 1.54) is 6.07 Å². The van der Waals surface area contributed by atoms with Gasteiger partial charge in [-0.3, -0.25) is 0 Å². The van der Waals surface area contributed by atoms with Crippen LogP contribution in [0.2, 0.25) is 0 Å². The summed E-state index contributed by atoms with van der Waals surface area (Å²) in [5.74, 6) is 0. The van der Waals surface area contributed by atoms with E-state index in [1.807, 2.05) is 114 Å². The van der Waals surface area contributed by atoms with Crippen molar-refractivity contribution in [2.45, 2.75) is 13.1 Å². The van der Waals surface area contributed by atoms with Crippen LogP contribution in [0.1, 0.15) is 27.8 Å². The van der Waals surface area contributed by atoms with E-state index in [0.29, 0.717) is 56.1 Å². The summed E-state index contributed by atoms with van der Waals surface area (Å²) >= 11 is 0. The molecule has 0 N–H and O–H groups in total. The van der Waals surface area contributed by atoms with Crippen molar-refractivity contribution in [1.82, 2.24) is 9.13 Å². The average molecular weight is 996 g/mol. The van der Waals surface area contributed by atoms with Crippen molar-refractivity contribution in [2.75, 3.05) is 0 Å². The van der Waals surface area contributed by atoms with Gasteiger partial charge in [-0.05, 0) is 160 Å². The minimum absolute atomic E-state index is 0.308. The summed E-state index contributed by atoms with van der Waals surface area (Å²) in [6.07, 6.45) is -4.59. The van der Waals surface area contributed by atoms with E-state index in [1.54, 1.807) is 55.5 Å². The Kier molecular flexibility index (Phi) is 11.3. The van der Waals surface area contributed by atoms with Gasteiger partial charge in [0.05, 0.1) is 81.0 Å². The van der Waals surface area contributed by atoms with E-state index in [4.69, 9.17) is 13.1 Å². The highest BCUT2D eigenvalue weighted by molar-refractivity contribution is 6.14. The van der Waals surface area contributed by atoms with E-state index in [-0.39, 0.29) is 0 Å². The number of hydrogen-bond donors (Lipinski definition) is 0. The van der Waals surface area contributed by atoms with Crippen molar-refractivity contribution >= 4 is 55.0 Å². The number of nitrogens with zero attached hydrogens (tertiary/aromatic N) is 7. The molecule has 0 aliphatic carbocycles. The zero-order valence-electron chi connectivity index (χ0n) is 40.8. The van der Waals surface area contributed by atoms with Gasteiger partial charge in [-0.25, -0.2) is 9.69 Å². The molecule has 2 aromatic heterocycles. The third-order valence-electron chi connectivity index (χ3n) is 14.4. The Balaban J connectivity index is 1.15. The van der Waals surface area contributed by atoms with Gasteiger partial charge in [0.1, 0.15) is 6.07 Å². The lowest BCUT2D eigenvalue weighted by Crippen LogP contribution is -2.07. The molecule has 0 bridgehead atoms. The first kappa shape index (κ1) is 47.1. The van der Waals surface area contributed by atoms with E-state index in [9.17, 15) is 29.0 Å². The van der Waals surface area contributed by atoms with Gasteiger partial charge >= 0.3 is 6.18 Å². The number of hydrogen-bond acceptors (Lipinski definition) is 3. The summed E-state index contributed by atoms with van der Waals surface area (Å²) in [4.78, 5) is 7.15. The van der Waals surface area contributed by atoms with Crippen molar-refractivity contribution in [3.8, 4) is 85.2 Å². The van der Waals surface area contributed by atoms with Gasteiger partial charge in [-0.15, -0.1) is 0 Å². The van der Waals surface area contributed by atoms with E-state index < -0.39 is 11.7 Å². The van der Waals surface area contributed by atoms with Crippen LogP contribution in [0, 0.1) is 54.1 Å². The minimum Gasteiger partial charge on any atom is -0.309 e. The van der Waals surface area contributed by atoms with E-state index >= 15 is 0 Å². The van der Waals surface area contributed by atoms with Crippen LogP contribution in [-0.2, 0) is 6.18 Å². The molecule has 12 aromatic rings. The molecule has 0 saturated carbocycles. The highest BCUT2D eigenvalue weighted by Crippen LogP contribution is 2.45. The molecule has 0 spiro atoms. The van der Waals surface area contributed by atoms with Gasteiger partial charge in [-0.2, -0.15) is 29.0 Å². The number of halogens is 3. The van der Waals surface area contributed by atoms with Crippen LogP contribution >= 0.6 is 0 Å². The number of aryl methyl sites for hydroxylation is 1. The molecule has 10 heteroatoms. The standard InChI is InChI=1S/C67H36F3N7/c1-40-30-52(67(68,69)70)20-25-55(40)60-36-65(76-61-26-16-49(45-12-21-53(74-2)22-13-45)33-56(61)57-34-50(17-27-62(57)76)46-14-23-54(75-3)24-15-46)51(39-73)35-66(60)77-63-28-18-47(43-8-4-41(37-71)5-9-43)31-58(63)59-32-48(19-29-64(59)77)44-10-6-42(38-72)7-11-44/h4-36H,1H3. The molecule has 2 heterocycles. The number of aromatic nitrogens is 2. The fraction of sp³-hybridized carbons (Fsp3) is 0.0299. The molecule has 12 rings (SSSR count). The molecule has 77 heavy (non-hydrogen) atoms. The topological polar surface area (TPSA) is 89.9 Å². The third-order valence-corrected chi connectivity index (χ3v) is 14.4. The van der Waals surface area contributed by atoms with Gasteiger partial charge in [-0.1, -0.05) is 103 Å². The first-order chi connectivity index (χ1) is 37.4. The van der Waals surface area contributed by atoms with Crippen molar-refractivity contribution in [1.29, 1.82) is 15.8 Å². The maximum atomic E-state index is 14.4. The number of benzene rings is 10. The summed E-state index contributed by atoms with van der Waals surface area (Å²) in [6.45, 7) is 16.7. The van der Waals surface area contributed by atoms with Crippen LogP contribution in [0.4, 0.5) is 24.5 Å². The van der Waals surface area contributed by atoms with Crippen molar-refractivity contribution in [2.24, 2.45) is 0 Å². The molecule has 0 saturated heterocycles. The van der Waals surface area contributed by atoms with Gasteiger partial charge in [0.2, 0.25) is 0 Å². The van der Waals surface area contributed by atoms with Crippen LogP contribution in [-0.4, -0.2) is 9.13 Å². The monoisotopic (exact) mass is 995 g/mol. The lowest BCUT2D eigenvalue weighted by molar-refractivity contribution is -0.137. The Morgan fingerprint density at radius 1 is 0.390 bits per heavy atom. The summed E-state index contributed by atoms with van der Waals surface area (Å²) in [5.41, 5.74) is 14.6. The Morgan fingerprint density at radius 3 is 1.09 bits per heavy atom. The third kappa shape index (κ3) is 8.15. The quantitative estimate of drug-likeness (QED) is 0.149. The Labute approximate surface area is 440 Å². The van der Waals surface area contributed by atoms with Gasteiger partial charge in [0.25, 0.3) is 0 Å². The lowest BCUT2D eigenvalue weighted by Gasteiger charge is -2.20. The molecule has 0 fully saturated rings. The molecule has 0 unspecified atom stereocenters. The molecule has 360 valence electrons. The molecule has 0 radical (unpaired) electrons. The normalized spacial score (nSPS) is 11.3. The van der Waals surface area contributed by atoms with Crippen LogP contribution < -0.4 is 0 Å². The average Bonchev–Trinajstić information content (AvgIpc) is 4.19. The highest BCUT2D eigenvalue weighted by Gasteiger charge is 2.31. The van der Waals surface area contributed by atoms with Gasteiger partial charge in [0, 0.05) is 27.1 Å². The number of alkyl halides is 3. The molecular weight excluding hydrogens is 960 g/mol. The summed E-state index contributed by atoms with van der Waals surface area (Å²) in [5, 5.41) is 34.1. The largest absolute Gasteiger partial charge is 0.416 e. The predicted molar refractivity (Wildman–Crippen MR) is 299 cm³/mol. The summed E-state index contributed by atoms with van der Waals surface area (Å²) in [7, 11) is 0. The van der Waals surface area contributed by atoms with Crippen molar-refractivity contribution < 1.29 is 13.2 Å². The van der Waals surface area contributed by atoms with Crippen LogP contribution in [0.5, 0.6) is 0 Å². The maximum absolute atomic E-state index is 14.4. The minimum atomic E-state index is -4.59. The molecule has 0 aliphatic rings. The second-order valence-electron chi connectivity index (χ2n) is 18.8. The smallest absolute Gasteiger partial charge is 0.309 e. The highest BCUT2D eigenvalue weighted by atomic mass is 19.4. The van der Waals surface area contributed by atoms with E-state index in [0.717, 1.165) is 100 Å². The van der Waals surface area contributed by atoms with Crippen LogP contribution in [0.3, 0.4) is 0 Å². The summed E-state index contributed by atoms with van der Waals surface area (Å²) in [6, 6.07) is 68.4. The fourth-order valence-electron chi connectivity index (χ4n) is 10.6. The Bertz CT molecular complexity index is 4410. The molecule has 7 nitrogen and oxygen atoms in total. The molecule has 0 amide bonds. The number of rotatable bonds is 7. The second kappa shape index (κ2) is 18.5. The van der Waals surface area contributed by atoms with Crippen molar-refractivity contribution in [3.05, 3.63) is 251 Å². The second-order valence-corrected chi connectivity index (χ2v) is 18.8. The first-order valence-corrected chi connectivity index (χ1v) is 24.4. The lowest BCUT2D eigenvalue weighted by atomic mass is 9.94. The Hall–Kier alpha value is -11.0. The molecule has 10 aromatic carbocycles. The Morgan fingerprint density at radius 2 is 0.753 bits per heavy atom. The van der Waals surface area contributed by atoms with Crippen molar-refractivity contribution in [3.63, 3.8) is 0 Å². The van der Waals surface area contributed by atoms with Crippen LogP contribution in [0.25, 0.3) is 120 Å². The van der Waals surface area contributed by atoms with Gasteiger partial charge < -0.3 is 9.13 Å². The van der Waals surface area contributed by atoms with Crippen LogP contribution in [0.15, 0.2) is 200 Å². The van der Waals surface area contributed by atoms with E-state index in [2.05, 4.69) is 56.7 Å². The number of nitriles is 3. The molecule has 0 atom stereocenters. The molecular formula is C67H36F3N7.